The van der Waals surface area contributed by atoms with Gasteiger partial charge in [-0.05, 0) is 97.6 Å². The van der Waals surface area contributed by atoms with Crippen LogP contribution in [0.25, 0.3) is 77.2 Å². The summed E-state index contributed by atoms with van der Waals surface area (Å²) in [6.07, 6.45) is 0. The van der Waals surface area contributed by atoms with E-state index in [0.717, 1.165) is 49.3 Å². The van der Waals surface area contributed by atoms with Crippen LogP contribution >= 0.6 is 0 Å². The first-order valence-corrected chi connectivity index (χ1v) is 23.3. The van der Waals surface area contributed by atoms with Gasteiger partial charge in [-0.2, -0.15) is 0 Å². The van der Waals surface area contributed by atoms with Crippen molar-refractivity contribution in [3.63, 3.8) is 0 Å². The van der Waals surface area contributed by atoms with Crippen molar-refractivity contribution >= 4 is 72.4 Å². The Morgan fingerprint density at radius 1 is 0.286 bits per heavy atom. The van der Waals surface area contributed by atoms with E-state index in [-0.39, 0.29) is 29.9 Å². The Morgan fingerprint density at radius 3 is 1.29 bits per heavy atom. The zero-order valence-corrected chi connectivity index (χ0v) is 35.3. The molecule has 0 atom stereocenters. The maximum atomic E-state index is 8.93. The third kappa shape index (κ3) is 6.00. The standard InChI is InChI=1S/C60H42N2Si/c1-6-20-43(21-7-1)45-38-46(44-22-8-2-9-23-44)40-52(39-45)63(49-26-12-4-13-27-49,50-28-14-5-15-29-50)51-35-37-60-56(42-51)54-31-17-19-33-58(54)62(60)48-34-36-59-55(41-48)53-30-16-18-32-57(53)61(59)47-24-10-3-11-25-47/h1-42H/i3D,10D,11D,24D,25D. The molecule has 0 unspecified atom stereocenters. The lowest BCUT2D eigenvalue weighted by Gasteiger charge is -2.35. The first kappa shape index (κ1) is 31.8. The molecule has 0 N–H and O–H groups in total. The van der Waals surface area contributed by atoms with Crippen LogP contribution in [0.15, 0.2) is 255 Å². The van der Waals surface area contributed by atoms with Gasteiger partial charge in [-0.3, -0.25) is 0 Å². The van der Waals surface area contributed by atoms with Gasteiger partial charge in [-0.25, -0.2) is 0 Å². The molecule has 0 aliphatic heterocycles. The lowest BCUT2D eigenvalue weighted by Crippen LogP contribution is -2.74. The van der Waals surface area contributed by atoms with Crippen LogP contribution in [0.1, 0.15) is 6.85 Å². The van der Waals surface area contributed by atoms with Crippen molar-refractivity contribution in [2.24, 2.45) is 0 Å². The predicted molar refractivity (Wildman–Crippen MR) is 270 cm³/mol. The van der Waals surface area contributed by atoms with Gasteiger partial charge in [0.25, 0.3) is 0 Å². The van der Waals surface area contributed by atoms with Gasteiger partial charge in [0.1, 0.15) is 0 Å². The Labute approximate surface area is 375 Å². The average molecular weight is 824 g/mol. The SMILES string of the molecule is [2H]c1c([2H])c([2H])c(-n2c3ccccc3c3cc(-n4c5ccccc5c5cc([Si](c6ccccc6)(c6ccccc6)c6cc(-c7ccccc7)cc(-c7ccccc7)c6)ccc54)ccc32)c([2H])c1[2H]. The third-order valence-corrected chi connectivity index (χ3v) is 17.5. The van der Waals surface area contributed by atoms with Gasteiger partial charge < -0.3 is 9.13 Å². The van der Waals surface area contributed by atoms with Crippen molar-refractivity contribution in [3.8, 4) is 33.6 Å². The van der Waals surface area contributed by atoms with Crippen LogP contribution < -0.4 is 20.7 Å². The largest absolute Gasteiger partial charge is 0.309 e. The summed E-state index contributed by atoms with van der Waals surface area (Å²) in [6.45, 7) is 0. The molecular weight excluding hydrogens is 777 g/mol. The van der Waals surface area contributed by atoms with E-state index in [9.17, 15) is 0 Å². The smallest absolute Gasteiger partial charge is 0.179 e. The molecule has 0 saturated heterocycles. The van der Waals surface area contributed by atoms with Crippen molar-refractivity contribution < 1.29 is 6.85 Å². The van der Waals surface area contributed by atoms with Gasteiger partial charge in [0.2, 0.25) is 0 Å². The van der Waals surface area contributed by atoms with Crippen LogP contribution in [0.3, 0.4) is 0 Å². The second-order valence-corrected chi connectivity index (χ2v) is 19.9. The van der Waals surface area contributed by atoms with E-state index >= 15 is 0 Å². The molecule has 0 aliphatic carbocycles. The fourth-order valence-electron chi connectivity index (χ4n) is 10.00. The molecule has 0 spiro atoms. The van der Waals surface area contributed by atoms with E-state index in [4.69, 9.17) is 6.85 Å². The summed E-state index contributed by atoms with van der Waals surface area (Å²) in [4.78, 5) is 0. The topological polar surface area (TPSA) is 9.86 Å². The number of aromatic nitrogens is 2. The van der Waals surface area contributed by atoms with Crippen LogP contribution in [0, 0.1) is 0 Å². The minimum Gasteiger partial charge on any atom is -0.309 e. The van der Waals surface area contributed by atoms with Crippen LogP contribution in [0.4, 0.5) is 0 Å². The summed E-state index contributed by atoms with van der Waals surface area (Å²) >= 11 is 0. The highest BCUT2D eigenvalue weighted by atomic mass is 28.3. The van der Waals surface area contributed by atoms with Gasteiger partial charge in [0, 0.05) is 32.9 Å². The maximum Gasteiger partial charge on any atom is 0.179 e. The van der Waals surface area contributed by atoms with Gasteiger partial charge in [0.05, 0.1) is 28.9 Å². The molecule has 63 heavy (non-hydrogen) atoms. The monoisotopic (exact) mass is 823 g/mol. The van der Waals surface area contributed by atoms with Crippen LogP contribution in [-0.4, -0.2) is 17.2 Å². The van der Waals surface area contributed by atoms with Crippen molar-refractivity contribution in [1.82, 2.24) is 9.13 Å². The van der Waals surface area contributed by atoms with Crippen LogP contribution in [0.5, 0.6) is 0 Å². The number of rotatable bonds is 8. The maximum absolute atomic E-state index is 8.93. The van der Waals surface area contributed by atoms with Crippen molar-refractivity contribution in [3.05, 3.63) is 255 Å². The summed E-state index contributed by atoms with van der Waals surface area (Å²) < 4.78 is 47.3. The summed E-state index contributed by atoms with van der Waals surface area (Å²) in [5, 5.41) is 9.27. The van der Waals surface area contributed by atoms with E-state index in [0.29, 0.717) is 0 Å². The van der Waals surface area contributed by atoms with Crippen LogP contribution in [0.2, 0.25) is 0 Å². The van der Waals surface area contributed by atoms with Gasteiger partial charge >= 0.3 is 0 Å². The molecule has 0 fully saturated rings. The number of fused-ring (bicyclic) bond motifs is 6. The lowest BCUT2D eigenvalue weighted by atomic mass is 9.99. The number of nitrogens with zero attached hydrogens (tertiary/aromatic N) is 2. The van der Waals surface area contributed by atoms with E-state index < -0.39 is 14.1 Å². The molecule has 10 aromatic carbocycles. The molecule has 12 rings (SSSR count). The Bertz CT molecular complexity index is 3780. The number of benzene rings is 10. The van der Waals surface area contributed by atoms with Gasteiger partial charge in [-0.1, -0.05) is 200 Å². The highest BCUT2D eigenvalue weighted by Gasteiger charge is 2.42. The molecule has 0 saturated carbocycles. The fourth-order valence-corrected chi connectivity index (χ4v) is 14.8. The van der Waals surface area contributed by atoms with Crippen LogP contribution in [-0.2, 0) is 0 Å². The second-order valence-electron chi connectivity index (χ2n) is 16.1. The normalized spacial score (nSPS) is 12.9. The Morgan fingerprint density at radius 2 is 0.730 bits per heavy atom. The van der Waals surface area contributed by atoms with Crippen molar-refractivity contribution in [2.45, 2.75) is 0 Å². The molecule has 296 valence electrons. The predicted octanol–water partition coefficient (Wildman–Crippen LogP) is 12.6. The first-order valence-electron chi connectivity index (χ1n) is 23.8. The molecule has 0 radical (unpaired) electrons. The molecule has 0 amide bonds. The fraction of sp³-hybridized carbons (Fsp3) is 0. The molecule has 2 heterocycles. The van der Waals surface area contributed by atoms with E-state index in [1.165, 1.54) is 43.0 Å². The van der Waals surface area contributed by atoms with Gasteiger partial charge in [-0.15, -0.1) is 0 Å². The molecule has 0 bridgehead atoms. The summed E-state index contributed by atoms with van der Waals surface area (Å²) in [6, 6.07) is 79.1. The Hall–Kier alpha value is -7.98. The van der Waals surface area contributed by atoms with E-state index in [1.807, 2.05) is 34.9 Å². The summed E-state index contributed by atoms with van der Waals surface area (Å²) in [7, 11) is -3.10. The van der Waals surface area contributed by atoms with E-state index in [1.54, 1.807) is 0 Å². The van der Waals surface area contributed by atoms with Gasteiger partial charge in [0.15, 0.2) is 8.07 Å². The minimum absolute atomic E-state index is 0.133. The Kier molecular flexibility index (Phi) is 7.67. The zero-order valence-electron chi connectivity index (χ0n) is 39.3. The molecule has 2 nitrogen and oxygen atoms in total. The minimum atomic E-state index is -3.10. The van der Waals surface area contributed by atoms with Crippen molar-refractivity contribution in [1.29, 1.82) is 0 Å². The summed E-state index contributed by atoms with van der Waals surface area (Å²) in [5.41, 5.74) is 9.43. The molecular formula is C60H42N2Si. The zero-order chi connectivity index (χ0) is 46.1. The molecule has 2 aromatic heterocycles. The highest BCUT2D eigenvalue weighted by Crippen LogP contribution is 2.37. The molecule has 12 aromatic rings. The number of hydrogen-bond acceptors (Lipinski definition) is 0. The first-order chi connectivity index (χ1) is 33.3. The third-order valence-electron chi connectivity index (χ3n) is 12.7. The average Bonchev–Trinajstić information content (AvgIpc) is 3.91. The Balaban J connectivity index is 1.13. The summed E-state index contributed by atoms with van der Waals surface area (Å²) in [5.74, 6) is 0. The second kappa shape index (κ2) is 15.2. The number of hydrogen-bond donors (Lipinski definition) is 0. The van der Waals surface area contributed by atoms with Crippen molar-refractivity contribution in [2.75, 3.05) is 0 Å². The molecule has 3 heteroatoms. The highest BCUT2D eigenvalue weighted by molar-refractivity contribution is 7.20. The lowest BCUT2D eigenvalue weighted by molar-refractivity contribution is 1.17. The quantitative estimate of drug-likeness (QED) is 0.107. The molecule has 0 aliphatic rings. The van der Waals surface area contributed by atoms with E-state index in [2.05, 4.69) is 199 Å². The number of para-hydroxylation sites is 3.